The molecule has 1 aliphatic rings. The number of carbonyl (C=O) groups is 1. The van der Waals surface area contributed by atoms with Gasteiger partial charge in [0.2, 0.25) is 5.91 Å². The van der Waals surface area contributed by atoms with Gasteiger partial charge in [-0.3, -0.25) is 9.69 Å². The highest BCUT2D eigenvalue weighted by molar-refractivity contribution is 5.85. The van der Waals surface area contributed by atoms with E-state index < -0.39 is 0 Å². The van der Waals surface area contributed by atoms with Crippen molar-refractivity contribution in [2.75, 3.05) is 13.6 Å². The molecule has 1 aromatic heterocycles. The molecule has 0 saturated carbocycles. The maximum Gasteiger partial charge on any atom is 0.237 e. The molecular weight excluding hydrogens is 338 g/mol. The monoisotopic (exact) mass is 363 g/mol. The predicted molar refractivity (Wildman–Crippen MR) is 100 cm³/mol. The number of halogens is 1. The van der Waals surface area contributed by atoms with Crippen LogP contribution in [0.5, 0.6) is 0 Å². The quantitative estimate of drug-likeness (QED) is 0.794. The first-order chi connectivity index (χ1) is 11.7. The number of hydrogen-bond acceptors (Lipinski definition) is 4. The van der Waals surface area contributed by atoms with Crippen molar-refractivity contribution in [3.63, 3.8) is 0 Å². The van der Waals surface area contributed by atoms with Gasteiger partial charge in [-0.1, -0.05) is 24.3 Å². The minimum atomic E-state index is -0.0289. The van der Waals surface area contributed by atoms with E-state index >= 15 is 0 Å². The summed E-state index contributed by atoms with van der Waals surface area (Å²) in [6, 6.07) is 12.1. The molecule has 0 aliphatic carbocycles. The number of nitrogens with zero attached hydrogens (tertiary/aromatic N) is 1. The number of nitrogens with one attached hydrogen (secondary N) is 2. The molecule has 2 N–H and O–H groups in total. The third-order valence-electron chi connectivity index (χ3n) is 4.39. The molecule has 0 spiro atoms. The van der Waals surface area contributed by atoms with Gasteiger partial charge in [0, 0.05) is 13.1 Å². The van der Waals surface area contributed by atoms with Crippen LogP contribution in [0.1, 0.15) is 29.7 Å². The van der Waals surface area contributed by atoms with E-state index in [2.05, 4.69) is 34.7 Å². The van der Waals surface area contributed by atoms with E-state index in [0.29, 0.717) is 6.54 Å². The maximum atomic E-state index is 12.2. The third kappa shape index (κ3) is 5.59. The molecule has 0 bridgehead atoms. The van der Waals surface area contributed by atoms with Crippen LogP contribution >= 0.6 is 12.4 Å². The van der Waals surface area contributed by atoms with E-state index in [1.165, 1.54) is 5.56 Å². The normalized spacial score (nSPS) is 16.6. The fraction of sp³-hybridized carbons (Fsp3) is 0.421. The first kappa shape index (κ1) is 19.5. The Bertz CT molecular complexity index is 654. The zero-order valence-corrected chi connectivity index (χ0v) is 15.3. The van der Waals surface area contributed by atoms with E-state index in [9.17, 15) is 4.79 Å². The van der Waals surface area contributed by atoms with Gasteiger partial charge in [-0.15, -0.1) is 12.4 Å². The standard InChI is InChI=1S/C19H25N3O2.ClH/c1-22(14-17-8-5-11-24-17)13-16-7-3-2-6-15(16)12-21-19(23)18-9-4-10-20-18;/h2-3,5-8,11,18,20H,4,9-10,12-14H2,1H3,(H,21,23);1H. The Balaban J connectivity index is 0.00000225. The van der Waals surface area contributed by atoms with Crippen LogP contribution in [0.15, 0.2) is 47.1 Å². The van der Waals surface area contributed by atoms with Gasteiger partial charge in [-0.25, -0.2) is 0 Å². The van der Waals surface area contributed by atoms with Crippen LogP contribution in [0, 0.1) is 0 Å². The van der Waals surface area contributed by atoms with Crippen molar-refractivity contribution in [3.05, 3.63) is 59.5 Å². The minimum absolute atomic E-state index is 0. The van der Waals surface area contributed by atoms with Crippen molar-refractivity contribution in [1.29, 1.82) is 0 Å². The number of carbonyl (C=O) groups excluding carboxylic acids is 1. The zero-order chi connectivity index (χ0) is 16.8. The van der Waals surface area contributed by atoms with Crippen LogP contribution in [0.4, 0.5) is 0 Å². The first-order valence-electron chi connectivity index (χ1n) is 8.51. The Kier molecular flexibility index (Phi) is 7.50. The number of amides is 1. The molecule has 3 rings (SSSR count). The Hall–Kier alpha value is -1.82. The smallest absolute Gasteiger partial charge is 0.237 e. The highest BCUT2D eigenvalue weighted by Gasteiger charge is 2.21. The topological polar surface area (TPSA) is 57.5 Å². The van der Waals surface area contributed by atoms with Gasteiger partial charge in [0.05, 0.1) is 18.8 Å². The maximum absolute atomic E-state index is 12.2. The average molecular weight is 364 g/mol. The minimum Gasteiger partial charge on any atom is -0.468 e. The van der Waals surface area contributed by atoms with Crippen LogP contribution in [0.3, 0.4) is 0 Å². The second-order valence-electron chi connectivity index (χ2n) is 6.39. The van der Waals surface area contributed by atoms with Crippen LogP contribution in [0.2, 0.25) is 0 Å². The number of furan rings is 1. The lowest BCUT2D eigenvalue weighted by Crippen LogP contribution is -2.40. The van der Waals surface area contributed by atoms with Crippen molar-refractivity contribution in [1.82, 2.24) is 15.5 Å². The molecule has 2 heterocycles. The van der Waals surface area contributed by atoms with Crippen molar-refractivity contribution in [2.24, 2.45) is 0 Å². The molecule has 1 unspecified atom stereocenters. The lowest BCUT2D eigenvalue weighted by Gasteiger charge is -2.18. The molecule has 5 nitrogen and oxygen atoms in total. The molecule has 1 aliphatic heterocycles. The third-order valence-corrected chi connectivity index (χ3v) is 4.39. The first-order valence-corrected chi connectivity index (χ1v) is 8.51. The number of rotatable bonds is 7. The van der Waals surface area contributed by atoms with E-state index in [1.54, 1.807) is 6.26 Å². The lowest BCUT2D eigenvalue weighted by molar-refractivity contribution is -0.122. The van der Waals surface area contributed by atoms with Gasteiger partial charge in [-0.2, -0.15) is 0 Å². The summed E-state index contributed by atoms with van der Waals surface area (Å²) in [6.07, 6.45) is 3.70. The van der Waals surface area contributed by atoms with Gasteiger partial charge >= 0.3 is 0 Å². The summed E-state index contributed by atoms with van der Waals surface area (Å²) in [6.45, 7) is 3.09. The second kappa shape index (κ2) is 9.61. The fourth-order valence-electron chi connectivity index (χ4n) is 3.11. The fourth-order valence-corrected chi connectivity index (χ4v) is 3.11. The van der Waals surface area contributed by atoms with Crippen LogP contribution in [-0.2, 0) is 24.4 Å². The predicted octanol–water partition coefficient (Wildman–Crippen LogP) is 2.70. The largest absolute Gasteiger partial charge is 0.468 e. The highest BCUT2D eigenvalue weighted by atomic mass is 35.5. The van der Waals surface area contributed by atoms with Crippen molar-refractivity contribution < 1.29 is 9.21 Å². The van der Waals surface area contributed by atoms with E-state index in [4.69, 9.17) is 4.42 Å². The summed E-state index contributed by atoms with van der Waals surface area (Å²) < 4.78 is 5.40. The van der Waals surface area contributed by atoms with Gasteiger partial charge in [0.15, 0.2) is 0 Å². The molecule has 1 aromatic carbocycles. The van der Waals surface area contributed by atoms with Gasteiger partial charge in [0.1, 0.15) is 5.76 Å². The van der Waals surface area contributed by atoms with Gasteiger partial charge in [0.25, 0.3) is 0 Å². The lowest BCUT2D eigenvalue weighted by atomic mass is 10.1. The second-order valence-corrected chi connectivity index (χ2v) is 6.39. The summed E-state index contributed by atoms with van der Waals surface area (Å²) in [7, 11) is 2.07. The molecular formula is C19H26ClN3O2. The van der Waals surface area contributed by atoms with E-state index in [1.807, 2.05) is 24.3 Å². The molecule has 0 radical (unpaired) electrons. The van der Waals surface area contributed by atoms with Crippen molar-refractivity contribution in [3.8, 4) is 0 Å². The summed E-state index contributed by atoms with van der Waals surface area (Å²) >= 11 is 0. The van der Waals surface area contributed by atoms with Gasteiger partial charge in [-0.05, 0) is 49.7 Å². The number of hydrogen-bond donors (Lipinski definition) is 2. The van der Waals surface area contributed by atoms with Crippen molar-refractivity contribution in [2.45, 2.75) is 38.5 Å². The van der Waals surface area contributed by atoms with Crippen LogP contribution in [0.25, 0.3) is 0 Å². The molecule has 1 fully saturated rings. The summed E-state index contributed by atoms with van der Waals surface area (Å²) in [5.74, 6) is 1.06. The molecule has 25 heavy (non-hydrogen) atoms. The molecule has 1 atom stereocenters. The van der Waals surface area contributed by atoms with Crippen LogP contribution in [-0.4, -0.2) is 30.4 Å². The molecule has 1 saturated heterocycles. The summed E-state index contributed by atoms with van der Waals surface area (Å²) in [4.78, 5) is 14.4. The molecule has 6 heteroatoms. The Morgan fingerprint density at radius 1 is 1.24 bits per heavy atom. The highest BCUT2D eigenvalue weighted by Crippen LogP contribution is 2.14. The molecule has 136 valence electrons. The SMILES string of the molecule is CN(Cc1ccco1)Cc1ccccc1CNC(=O)C1CCCN1.Cl. The van der Waals surface area contributed by atoms with E-state index in [0.717, 1.165) is 43.8 Å². The number of benzene rings is 1. The Labute approximate surface area is 155 Å². The van der Waals surface area contributed by atoms with Crippen molar-refractivity contribution >= 4 is 18.3 Å². The average Bonchev–Trinajstić information content (AvgIpc) is 3.27. The van der Waals surface area contributed by atoms with Crippen LogP contribution < -0.4 is 10.6 Å². The Morgan fingerprint density at radius 2 is 2.04 bits per heavy atom. The zero-order valence-electron chi connectivity index (χ0n) is 14.5. The summed E-state index contributed by atoms with van der Waals surface area (Å²) in [5.41, 5.74) is 2.39. The van der Waals surface area contributed by atoms with E-state index in [-0.39, 0.29) is 24.4 Å². The van der Waals surface area contributed by atoms with Gasteiger partial charge < -0.3 is 15.1 Å². The molecule has 2 aromatic rings. The molecule has 1 amide bonds. The summed E-state index contributed by atoms with van der Waals surface area (Å²) in [5, 5.41) is 6.30. The Morgan fingerprint density at radius 3 is 2.72 bits per heavy atom.